The molecule has 3 aromatic heterocycles. The Bertz CT molecular complexity index is 3330. The molecular weight excluding hydrogens is 997 g/mol. The van der Waals surface area contributed by atoms with E-state index in [0.29, 0.717) is 22.8 Å². The maximum Gasteiger partial charge on any atom is 0.338 e. The van der Waals surface area contributed by atoms with Crippen molar-refractivity contribution in [3.8, 4) is 0 Å². The number of amides is 2. The van der Waals surface area contributed by atoms with Gasteiger partial charge in [-0.15, -0.1) is 0 Å². The molecule has 0 aliphatic carbocycles. The van der Waals surface area contributed by atoms with Gasteiger partial charge in [-0.3, -0.25) is 9.59 Å². The van der Waals surface area contributed by atoms with Gasteiger partial charge in [-0.1, -0.05) is 13.8 Å². The number of carbonyl (C=O) groups excluding carboxylic acids is 6. The summed E-state index contributed by atoms with van der Waals surface area (Å²) < 4.78 is 20.9. The normalized spacial score (nSPS) is 12.1. The largest absolute Gasteiger partial charge is 0.461 e. The van der Waals surface area contributed by atoms with E-state index in [1.807, 2.05) is 32.0 Å². The predicted octanol–water partition coefficient (Wildman–Crippen LogP) is 7.22. The summed E-state index contributed by atoms with van der Waals surface area (Å²) in [5.41, 5.74) is 36.5. The van der Waals surface area contributed by atoms with Gasteiger partial charge in [0.15, 0.2) is 0 Å². The van der Waals surface area contributed by atoms with E-state index >= 15 is 0 Å². The van der Waals surface area contributed by atoms with Gasteiger partial charge in [0.25, 0.3) is 0 Å². The van der Waals surface area contributed by atoms with E-state index < -0.39 is 35.7 Å². The van der Waals surface area contributed by atoms with Crippen molar-refractivity contribution in [3.05, 3.63) is 128 Å². The number of allylic oxidation sites excluding steroid dienone is 4. The van der Waals surface area contributed by atoms with Gasteiger partial charge in [-0.05, 0) is 159 Å². The Morgan fingerprint density at radius 2 is 0.782 bits per heavy atom. The Kier molecular flexibility index (Phi) is 19.3. The number of H-pyrrole nitrogens is 2. The molecule has 2 aromatic carbocycles. The summed E-state index contributed by atoms with van der Waals surface area (Å²) in [4.78, 5) is 97.5. The minimum atomic E-state index is -0.735. The number of nitrogens with zero attached hydrogens (tertiary/aromatic N) is 2. The second kappa shape index (κ2) is 26.2. The number of rotatable bonds is 22. The monoisotopic (exact) mass is 1060 g/mol. The second-order valence-corrected chi connectivity index (χ2v) is 18.8. The first-order valence-corrected chi connectivity index (χ1v) is 26.0. The van der Waals surface area contributed by atoms with Crippen LogP contribution in [0.1, 0.15) is 140 Å². The number of aryl methyl sites for hydroxylation is 4. The molecule has 0 saturated heterocycles. The number of nitrogens with one attached hydrogen (secondary N) is 4. The lowest BCUT2D eigenvalue weighted by Gasteiger charge is -2.12. The van der Waals surface area contributed by atoms with Crippen LogP contribution in [0.4, 0.5) is 11.4 Å². The molecule has 2 aliphatic heterocycles. The average Bonchev–Trinajstić information content (AvgIpc) is 4.15. The Balaban J connectivity index is 1.29. The molecule has 5 aromatic rings. The van der Waals surface area contributed by atoms with E-state index in [4.69, 9.17) is 51.9 Å². The highest BCUT2D eigenvalue weighted by molar-refractivity contribution is 6.03. The zero-order valence-corrected chi connectivity index (χ0v) is 45.0. The number of aromatic amines is 2. The third kappa shape index (κ3) is 13.4. The van der Waals surface area contributed by atoms with Crippen LogP contribution in [0, 0.1) is 13.8 Å². The molecule has 0 unspecified atom stereocenters. The molecular formula is C58H68N10O10. The van der Waals surface area contributed by atoms with E-state index in [-0.39, 0.29) is 112 Å². The van der Waals surface area contributed by atoms with Gasteiger partial charge in [0.1, 0.15) is 26.4 Å². The fourth-order valence-corrected chi connectivity index (χ4v) is 9.49. The van der Waals surface area contributed by atoms with Crippen LogP contribution in [0.15, 0.2) is 60.7 Å². The molecule has 0 spiro atoms. The van der Waals surface area contributed by atoms with E-state index in [1.54, 1.807) is 0 Å². The van der Waals surface area contributed by atoms with Crippen LogP contribution in [-0.4, -0.2) is 108 Å². The Morgan fingerprint density at radius 3 is 1.13 bits per heavy atom. The van der Waals surface area contributed by atoms with E-state index in [2.05, 4.69) is 54.4 Å². The molecule has 20 nitrogen and oxygen atoms in total. The lowest BCUT2D eigenvalue weighted by Crippen LogP contribution is -2.17. The summed E-state index contributed by atoms with van der Waals surface area (Å²) in [6, 6.07) is 16.4. The smallest absolute Gasteiger partial charge is 0.338 e. The number of hydrogen-bond donors (Lipinski definition) is 8. The zero-order chi connectivity index (χ0) is 56.2. The second-order valence-electron chi connectivity index (χ2n) is 18.8. The van der Waals surface area contributed by atoms with Crippen molar-refractivity contribution in [1.82, 2.24) is 19.9 Å². The third-order valence-corrected chi connectivity index (χ3v) is 13.5. The van der Waals surface area contributed by atoms with E-state index in [1.165, 1.54) is 36.4 Å². The molecule has 5 heterocycles. The van der Waals surface area contributed by atoms with E-state index in [9.17, 15) is 28.8 Å². The van der Waals surface area contributed by atoms with Gasteiger partial charge >= 0.3 is 23.9 Å². The first-order valence-electron chi connectivity index (χ1n) is 26.0. The summed E-state index contributed by atoms with van der Waals surface area (Å²) in [6.07, 6.45) is 1.91. The van der Waals surface area contributed by atoms with Gasteiger partial charge in [-0.2, -0.15) is 0 Å². The summed E-state index contributed by atoms with van der Waals surface area (Å²) >= 11 is 0. The van der Waals surface area contributed by atoms with Crippen LogP contribution in [0.3, 0.4) is 0 Å². The number of carbonyl (C=O) groups is 6. The van der Waals surface area contributed by atoms with Crippen LogP contribution in [-0.2, 0) is 41.4 Å². The standard InChI is InChI=1S/C58H68N10O10/c1-7-41-31(3)45-27-46-33(5)43(9-11-53(69)63-39-23-35(55(71)75-17-13-59)21-36(24-39)56(72)76-18-14-60)51(67-46)30-52-44(34(6)48(68-52)29-50-42(8-2)32(4)47(66-50)28-49(41)65-45)10-12-54(70)64-40-25-37(57(73)77-19-15-61)22-38(26-40)58(74)78-20-16-62/h21-30,65-66H,7-20,59-62H2,1-6H3,(H,63,69)(H,64,70). The number of anilines is 2. The van der Waals surface area contributed by atoms with Crippen molar-refractivity contribution < 1.29 is 47.7 Å². The molecule has 12 N–H and O–H groups in total. The minimum absolute atomic E-state index is 0.0146. The number of benzene rings is 2. The Morgan fingerprint density at radius 1 is 0.449 bits per heavy atom. The number of aromatic nitrogens is 4. The molecule has 0 saturated carbocycles. The maximum atomic E-state index is 14.0. The highest BCUT2D eigenvalue weighted by atomic mass is 16.5. The third-order valence-electron chi connectivity index (χ3n) is 13.5. The Labute approximate surface area is 451 Å². The maximum absolute atomic E-state index is 14.0. The molecule has 78 heavy (non-hydrogen) atoms. The van der Waals surface area contributed by atoms with Crippen LogP contribution in [0.25, 0.3) is 44.4 Å². The van der Waals surface area contributed by atoms with Crippen molar-refractivity contribution in [3.63, 3.8) is 0 Å². The molecule has 7 rings (SSSR count). The quantitative estimate of drug-likeness (QED) is 0.0250. The highest BCUT2D eigenvalue weighted by Crippen LogP contribution is 2.38. The first-order chi connectivity index (χ1) is 37.5. The van der Waals surface area contributed by atoms with Gasteiger partial charge in [0.05, 0.1) is 45.0 Å². The van der Waals surface area contributed by atoms with Crippen molar-refractivity contribution in [1.29, 1.82) is 0 Å². The number of ether oxygens (including phenoxy) is 4. The van der Waals surface area contributed by atoms with Gasteiger partial charge in [0.2, 0.25) is 11.8 Å². The highest BCUT2D eigenvalue weighted by Gasteiger charge is 2.25. The fraction of sp³-hybridized carbons (Fsp3) is 0.345. The number of esters is 4. The lowest BCUT2D eigenvalue weighted by molar-refractivity contribution is -0.116. The van der Waals surface area contributed by atoms with E-state index in [0.717, 1.165) is 79.5 Å². The molecule has 410 valence electrons. The van der Waals surface area contributed by atoms with Crippen LogP contribution in [0.5, 0.6) is 0 Å². The topological polar surface area (TPSA) is 325 Å². The molecule has 0 radical (unpaired) electrons. The molecule has 8 bridgehead atoms. The summed E-state index contributed by atoms with van der Waals surface area (Å²) in [7, 11) is 0. The van der Waals surface area contributed by atoms with Crippen LogP contribution >= 0.6 is 0 Å². The molecule has 2 aliphatic rings. The number of hydrogen-bond acceptors (Lipinski definition) is 16. The molecule has 0 atom stereocenters. The first kappa shape index (κ1) is 57.4. The fourth-order valence-electron chi connectivity index (χ4n) is 9.49. The summed E-state index contributed by atoms with van der Waals surface area (Å²) in [6.45, 7) is 12.5. The van der Waals surface area contributed by atoms with Crippen LogP contribution in [0.2, 0.25) is 0 Å². The number of nitrogens with two attached hydrogens (primary N) is 4. The Hall–Kier alpha value is -8.30. The predicted molar refractivity (Wildman–Crippen MR) is 300 cm³/mol. The van der Waals surface area contributed by atoms with Crippen molar-refractivity contribution in [2.24, 2.45) is 22.9 Å². The lowest BCUT2D eigenvalue weighted by atomic mass is 9.98. The summed E-state index contributed by atoms with van der Waals surface area (Å²) in [5, 5.41) is 5.70. The van der Waals surface area contributed by atoms with Crippen molar-refractivity contribution >= 4 is 91.4 Å². The van der Waals surface area contributed by atoms with Gasteiger partial charge in [-0.25, -0.2) is 29.1 Å². The zero-order valence-electron chi connectivity index (χ0n) is 45.0. The molecule has 2 amide bonds. The van der Waals surface area contributed by atoms with Crippen molar-refractivity contribution in [2.45, 2.75) is 80.1 Å². The van der Waals surface area contributed by atoms with Gasteiger partial charge in [0, 0.05) is 72.5 Å². The van der Waals surface area contributed by atoms with Crippen LogP contribution < -0.4 is 33.6 Å². The molecule has 0 fully saturated rings. The minimum Gasteiger partial charge on any atom is -0.461 e. The summed E-state index contributed by atoms with van der Waals surface area (Å²) in [5.74, 6) is -3.77. The van der Waals surface area contributed by atoms with Gasteiger partial charge < -0.3 is 62.5 Å². The average molecular weight is 1070 g/mol. The SMILES string of the molecule is CCc1c(C)c2cc3[nH]c(cc4nc(cc5nc(cc1[nH]2)C(C)=C5CCC(=O)Nc1cc(C(=O)OCCN)cc(C(=O)OCCN)c1)C(CCC(=O)Nc1cc(C(=O)OCCN)cc(C(=O)OCCN)c1)=C4C)c(C)c3CC. The van der Waals surface area contributed by atoms with Crippen molar-refractivity contribution in [2.75, 3.05) is 63.2 Å². The number of fused-ring (bicyclic) bond motifs is 8. The molecule has 20 heteroatoms.